The van der Waals surface area contributed by atoms with E-state index in [1.807, 2.05) is 26.0 Å². The number of nitrogens with one attached hydrogen (secondary N) is 1. The number of halogens is 1. The molecule has 0 saturated carbocycles. The first kappa shape index (κ1) is 19.5. The van der Waals surface area contributed by atoms with Gasteiger partial charge in [-0.25, -0.2) is 0 Å². The molecule has 0 bridgehead atoms. The third kappa shape index (κ3) is 2.90. The van der Waals surface area contributed by atoms with E-state index in [2.05, 4.69) is 5.32 Å². The molecule has 1 N–H and O–H groups in total. The second kappa shape index (κ2) is 7.19. The van der Waals surface area contributed by atoms with Crippen molar-refractivity contribution in [3.63, 3.8) is 0 Å². The average molecular weight is 412 g/mol. The molecule has 29 heavy (non-hydrogen) atoms. The van der Waals surface area contributed by atoms with Gasteiger partial charge in [0.05, 0.1) is 17.3 Å². The van der Waals surface area contributed by atoms with Crippen LogP contribution in [-0.2, 0) is 9.59 Å². The molecule has 2 aromatic carbocycles. The van der Waals surface area contributed by atoms with Crippen molar-refractivity contribution in [3.8, 4) is 0 Å². The number of nitrogens with zero attached hydrogens (tertiary/aromatic N) is 2. The van der Waals surface area contributed by atoms with Crippen molar-refractivity contribution in [1.29, 1.82) is 0 Å². The summed E-state index contributed by atoms with van der Waals surface area (Å²) in [5.74, 6) is -0.755. The van der Waals surface area contributed by atoms with Gasteiger partial charge in [0.1, 0.15) is 0 Å². The maximum absolute atomic E-state index is 13.6. The van der Waals surface area contributed by atoms with Gasteiger partial charge in [0, 0.05) is 24.4 Å². The molecule has 2 heterocycles. The third-order valence-corrected chi connectivity index (χ3v) is 5.99. The summed E-state index contributed by atoms with van der Waals surface area (Å²) in [7, 11) is 0. The van der Waals surface area contributed by atoms with E-state index in [9.17, 15) is 14.4 Å². The zero-order valence-corrected chi connectivity index (χ0v) is 17.1. The van der Waals surface area contributed by atoms with Gasteiger partial charge in [-0.1, -0.05) is 35.9 Å². The first-order chi connectivity index (χ1) is 13.9. The summed E-state index contributed by atoms with van der Waals surface area (Å²) in [6, 6.07) is 13.9. The predicted octanol–water partition coefficient (Wildman–Crippen LogP) is 3.52. The highest BCUT2D eigenvalue weighted by Crippen LogP contribution is 2.44. The molecule has 2 atom stereocenters. The summed E-state index contributed by atoms with van der Waals surface area (Å²) in [6.45, 7) is 3.99. The van der Waals surface area contributed by atoms with E-state index < -0.39 is 5.66 Å². The van der Waals surface area contributed by atoms with Crippen LogP contribution in [0.25, 0.3) is 0 Å². The van der Waals surface area contributed by atoms with E-state index in [1.54, 1.807) is 36.4 Å². The Hall–Kier alpha value is -2.86. The number of rotatable bonds is 4. The lowest BCUT2D eigenvalue weighted by atomic mass is 9.95. The first-order valence-corrected chi connectivity index (χ1v) is 10.1. The highest BCUT2D eigenvalue weighted by Gasteiger charge is 2.60. The van der Waals surface area contributed by atoms with Crippen LogP contribution < -0.4 is 10.2 Å². The fourth-order valence-corrected chi connectivity index (χ4v) is 4.58. The summed E-state index contributed by atoms with van der Waals surface area (Å²) >= 11 is 6.08. The highest BCUT2D eigenvalue weighted by atomic mass is 35.5. The van der Waals surface area contributed by atoms with Crippen LogP contribution in [0.4, 0.5) is 5.69 Å². The van der Waals surface area contributed by atoms with E-state index in [1.165, 1.54) is 9.80 Å². The number of para-hydroxylation sites is 1. The fourth-order valence-electron chi connectivity index (χ4n) is 4.38. The number of benzene rings is 2. The largest absolute Gasteiger partial charge is 0.346 e. The van der Waals surface area contributed by atoms with Crippen molar-refractivity contribution in [2.75, 3.05) is 11.4 Å². The molecule has 150 valence electrons. The number of amides is 3. The molecular weight excluding hydrogens is 390 g/mol. The van der Waals surface area contributed by atoms with E-state index in [0.29, 0.717) is 22.8 Å². The van der Waals surface area contributed by atoms with E-state index in [4.69, 9.17) is 11.6 Å². The van der Waals surface area contributed by atoms with E-state index >= 15 is 0 Å². The predicted molar refractivity (Wildman–Crippen MR) is 111 cm³/mol. The Morgan fingerprint density at radius 3 is 2.69 bits per heavy atom. The Morgan fingerprint density at radius 1 is 1.21 bits per heavy atom. The lowest BCUT2D eigenvalue weighted by molar-refractivity contribution is -0.134. The van der Waals surface area contributed by atoms with E-state index in [-0.39, 0.29) is 36.6 Å². The van der Waals surface area contributed by atoms with Crippen LogP contribution in [0.15, 0.2) is 48.5 Å². The summed E-state index contributed by atoms with van der Waals surface area (Å²) in [6.07, 6.45) is 0.463. The van der Waals surface area contributed by atoms with Gasteiger partial charge in [-0.05, 0) is 43.7 Å². The lowest BCUT2D eigenvalue weighted by Crippen LogP contribution is -2.70. The van der Waals surface area contributed by atoms with Crippen LogP contribution in [-0.4, -0.2) is 34.8 Å². The number of hydrogen-bond donors (Lipinski definition) is 1. The first-order valence-electron chi connectivity index (χ1n) is 9.70. The van der Waals surface area contributed by atoms with Gasteiger partial charge in [0.2, 0.25) is 11.6 Å². The molecule has 0 aromatic heterocycles. The Kier molecular flexibility index (Phi) is 4.82. The molecule has 2 aliphatic rings. The normalized spacial score (nSPS) is 21.6. The molecule has 3 amide bonds. The minimum Gasteiger partial charge on any atom is -0.346 e. The molecule has 2 aromatic rings. The van der Waals surface area contributed by atoms with Crippen LogP contribution in [0.5, 0.6) is 0 Å². The topological polar surface area (TPSA) is 69.7 Å². The molecule has 0 unspecified atom stereocenters. The van der Waals surface area contributed by atoms with Crippen molar-refractivity contribution in [2.45, 2.75) is 38.4 Å². The fraction of sp³-hybridized carbons (Fsp3) is 0.318. The molecule has 2 aliphatic heterocycles. The molecule has 0 spiro atoms. The van der Waals surface area contributed by atoms with Crippen molar-refractivity contribution in [1.82, 2.24) is 10.2 Å². The number of fused-ring (bicyclic) bond motifs is 3. The highest BCUT2D eigenvalue weighted by molar-refractivity contribution is 6.30. The Morgan fingerprint density at radius 2 is 1.97 bits per heavy atom. The van der Waals surface area contributed by atoms with Gasteiger partial charge in [0.25, 0.3) is 11.8 Å². The molecular formula is C22H22ClN3O3. The van der Waals surface area contributed by atoms with Gasteiger partial charge < -0.3 is 10.2 Å². The van der Waals surface area contributed by atoms with Gasteiger partial charge in [-0.2, -0.15) is 0 Å². The standard InChI is InChI=1S/C22H22ClN3O3/c1-3-25-20(28)17-9-4-5-10-18(17)26-19(27)11-12-22(25,26)21(29)24-14(2)15-7-6-8-16(23)13-15/h4-10,13-14H,3,11-12H2,1-2H3,(H,24,29)/t14-,22-/m0/s1. The van der Waals surface area contributed by atoms with Gasteiger partial charge in [-0.15, -0.1) is 0 Å². The number of hydrogen-bond acceptors (Lipinski definition) is 3. The Balaban J connectivity index is 1.76. The molecule has 1 fully saturated rings. The molecule has 6 nitrogen and oxygen atoms in total. The minimum absolute atomic E-state index is 0.158. The monoisotopic (exact) mass is 411 g/mol. The maximum atomic E-state index is 13.6. The van der Waals surface area contributed by atoms with Gasteiger partial charge >= 0.3 is 0 Å². The Bertz CT molecular complexity index is 1010. The molecule has 4 rings (SSSR count). The number of carbonyl (C=O) groups excluding carboxylic acids is 3. The lowest BCUT2D eigenvalue weighted by Gasteiger charge is -2.49. The number of likely N-dealkylation sites (N-methyl/N-ethyl adjacent to an activating group) is 1. The minimum atomic E-state index is -1.36. The summed E-state index contributed by atoms with van der Waals surface area (Å²) < 4.78 is 0. The average Bonchev–Trinajstić information content (AvgIpc) is 3.07. The van der Waals surface area contributed by atoms with Gasteiger partial charge in [0.15, 0.2) is 0 Å². The summed E-state index contributed by atoms with van der Waals surface area (Å²) in [5.41, 5.74) is 0.430. The van der Waals surface area contributed by atoms with Gasteiger partial charge in [-0.3, -0.25) is 19.3 Å². The second-order valence-electron chi connectivity index (χ2n) is 7.36. The van der Waals surface area contributed by atoms with Crippen LogP contribution in [0.3, 0.4) is 0 Å². The van der Waals surface area contributed by atoms with Crippen LogP contribution >= 0.6 is 11.6 Å². The van der Waals surface area contributed by atoms with Crippen LogP contribution in [0, 0.1) is 0 Å². The zero-order chi connectivity index (χ0) is 20.8. The van der Waals surface area contributed by atoms with E-state index in [0.717, 1.165) is 5.56 Å². The number of carbonyl (C=O) groups is 3. The molecule has 7 heteroatoms. The summed E-state index contributed by atoms with van der Waals surface area (Å²) in [5, 5.41) is 3.59. The molecule has 0 aliphatic carbocycles. The SMILES string of the molecule is CCN1C(=O)c2ccccc2N2C(=O)CC[C@]12C(=O)N[C@@H](C)c1cccc(Cl)c1. The summed E-state index contributed by atoms with van der Waals surface area (Å²) in [4.78, 5) is 42.7. The van der Waals surface area contributed by atoms with Crippen LogP contribution in [0.2, 0.25) is 5.02 Å². The van der Waals surface area contributed by atoms with Crippen molar-refractivity contribution in [2.24, 2.45) is 0 Å². The number of anilines is 1. The van der Waals surface area contributed by atoms with Crippen molar-refractivity contribution in [3.05, 3.63) is 64.7 Å². The Labute approximate surface area is 174 Å². The van der Waals surface area contributed by atoms with Crippen molar-refractivity contribution < 1.29 is 14.4 Å². The van der Waals surface area contributed by atoms with Crippen LogP contribution in [0.1, 0.15) is 48.7 Å². The maximum Gasteiger partial charge on any atom is 0.267 e. The van der Waals surface area contributed by atoms with Crippen molar-refractivity contribution >= 4 is 35.0 Å². The second-order valence-corrected chi connectivity index (χ2v) is 7.80. The zero-order valence-electron chi connectivity index (χ0n) is 16.3. The molecule has 0 radical (unpaired) electrons. The third-order valence-electron chi connectivity index (χ3n) is 5.75. The quantitative estimate of drug-likeness (QED) is 0.836. The molecule has 1 saturated heterocycles. The smallest absolute Gasteiger partial charge is 0.267 e.